The highest BCUT2D eigenvalue weighted by Crippen LogP contribution is 2.30. The third kappa shape index (κ3) is 3.58. The smallest absolute Gasteiger partial charge is 0.255 e. The maximum atomic E-state index is 12.5. The first-order valence-electron chi connectivity index (χ1n) is 7.69. The lowest BCUT2D eigenvalue weighted by Crippen LogP contribution is -2.12. The maximum Gasteiger partial charge on any atom is 0.255 e. The van der Waals surface area contributed by atoms with E-state index in [4.69, 9.17) is 4.74 Å². The molecule has 2 aromatic carbocycles. The van der Waals surface area contributed by atoms with Crippen LogP contribution in [-0.4, -0.2) is 23.9 Å². The second-order valence-corrected chi connectivity index (χ2v) is 5.43. The number of ether oxygens (including phenoxy) is 1. The van der Waals surface area contributed by atoms with Gasteiger partial charge in [-0.15, -0.1) is 0 Å². The molecule has 0 aliphatic rings. The van der Waals surface area contributed by atoms with Gasteiger partial charge in [0.25, 0.3) is 5.91 Å². The van der Waals surface area contributed by atoms with Crippen LogP contribution < -0.4 is 15.4 Å². The molecule has 3 aromatic rings. The van der Waals surface area contributed by atoms with Crippen molar-refractivity contribution >= 4 is 34.1 Å². The van der Waals surface area contributed by atoms with Crippen LogP contribution >= 0.6 is 0 Å². The Hall–Kier alpha value is -3.41. The van der Waals surface area contributed by atoms with Crippen LogP contribution in [0, 0.1) is 0 Å². The van der Waals surface area contributed by atoms with Crippen LogP contribution in [0.2, 0.25) is 0 Å². The molecule has 25 heavy (non-hydrogen) atoms. The zero-order valence-electron chi connectivity index (χ0n) is 13.9. The average Bonchev–Trinajstić information content (AvgIpc) is 2.62. The van der Waals surface area contributed by atoms with Crippen molar-refractivity contribution in [3.8, 4) is 5.75 Å². The molecule has 0 aliphatic carbocycles. The van der Waals surface area contributed by atoms with Crippen LogP contribution in [0.25, 0.3) is 10.9 Å². The molecule has 3 rings (SSSR count). The Morgan fingerprint density at radius 2 is 1.76 bits per heavy atom. The van der Waals surface area contributed by atoms with Gasteiger partial charge in [-0.3, -0.25) is 14.6 Å². The normalized spacial score (nSPS) is 10.3. The summed E-state index contributed by atoms with van der Waals surface area (Å²) in [7, 11) is 1.58. The van der Waals surface area contributed by atoms with E-state index in [2.05, 4.69) is 15.6 Å². The summed E-state index contributed by atoms with van der Waals surface area (Å²) in [6.07, 6.45) is 1.68. The minimum atomic E-state index is -0.246. The summed E-state index contributed by atoms with van der Waals surface area (Å²) < 4.78 is 5.31. The molecule has 6 heteroatoms. The number of benzene rings is 2. The Morgan fingerprint density at radius 1 is 1.00 bits per heavy atom. The Labute approximate surface area is 144 Å². The first kappa shape index (κ1) is 16.4. The monoisotopic (exact) mass is 335 g/mol. The third-order valence-corrected chi connectivity index (χ3v) is 3.67. The van der Waals surface area contributed by atoms with Crippen molar-refractivity contribution in [3.05, 3.63) is 60.3 Å². The van der Waals surface area contributed by atoms with Crippen molar-refractivity contribution < 1.29 is 14.3 Å². The number of anilines is 2. The predicted molar refractivity (Wildman–Crippen MR) is 97.0 cm³/mol. The van der Waals surface area contributed by atoms with Crippen molar-refractivity contribution in [1.29, 1.82) is 0 Å². The SMILES string of the molecule is COc1ccc(NC(=O)c2ccc(NC(C)=O)cc2)c2cccnc12. The second kappa shape index (κ2) is 7.00. The molecule has 126 valence electrons. The van der Waals surface area contributed by atoms with Crippen molar-refractivity contribution in [2.75, 3.05) is 17.7 Å². The number of methoxy groups -OCH3 is 1. The number of aromatic nitrogens is 1. The lowest BCUT2D eigenvalue weighted by Gasteiger charge is -2.11. The Balaban J connectivity index is 1.86. The Kier molecular flexibility index (Phi) is 4.61. The fraction of sp³-hybridized carbons (Fsp3) is 0.105. The molecule has 0 atom stereocenters. The Bertz CT molecular complexity index is 936. The summed E-state index contributed by atoms with van der Waals surface area (Å²) in [6.45, 7) is 1.43. The topological polar surface area (TPSA) is 80.3 Å². The van der Waals surface area contributed by atoms with Crippen molar-refractivity contribution in [2.24, 2.45) is 0 Å². The molecule has 0 saturated heterocycles. The van der Waals surface area contributed by atoms with Gasteiger partial charge >= 0.3 is 0 Å². The summed E-state index contributed by atoms with van der Waals surface area (Å²) in [4.78, 5) is 27.9. The molecule has 6 nitrogen and oxygen atoms in total. The molecule has 2 amide bonds. The molecule has 1 heterocycles. The first-order chi connectivity index (χ1) is 12.1. The van der Waals surface area contributed by atoms with Gasteiger partial charge in [-0.1, -0.05) is 0 Å². The number of nitrogens with zero attached hydrogens (tertiary/aromatic N) is 1. The highest BCUT2D eigenvalue weighted by Gasteiger charge is 2.11. The quantitative estimate of drug-likeness (QED) is 0.765. The van der Waals surface area contributed by atoms with Crippen LogP contribution in [-0.2, 0) is 4.79 Å². The summed E-state index contributed by atoms with van der Waals surface area (Å²) in [5.74, 6) is 0.243. The number of nitrogens with one attached hydrogen (secondary N) is 2. The van der Waals surface area contributed by atoms with Gasteiger partial charge in [-0.2, -0.15) is 0 Å². The highest BCUT2D eigenvalue weighted by molar-refractivity contribution is 6.09. The molecule has 1 aromatic heterocycles. The zero-order valence-corrected chi connectivity index (χ0v) is 13.9. The molecular formula is C19H17N3O3. The predicted octanol–water partition coefficient (Wildman–Crippen LogP) is 3.45. The Morgan fingerprint density at radius 3 is 2.44 bits per heavy atom. The van der Waals surface area contributed by atoms with Crippen LogP contribution in [0.5, 0.6) is 5.75 Å². The van der Waals surface area contributed by atoms with Gasteiger partial charge in [0.1, 0.15) is 11.3 Å². The van der Waals surface area contributed by atoms with E-state index in [1.807, 2.05) is 6.07 Å². The van der Waals surface area contributed by atoms with Gasteiger partial charge < -0.3 is 15.4 Å². The third-order valence-electron chi connectivity index (χ3n) is 3.67. The molecule has 0 saturated carbocycles. The molecule has 0 radical (unpaired) electrons. The van der Waals surface area contributed by atoms with Crippen LogP contribution in [0.4, 0.5) is 11.4 Å². The second-order valence-electron chi connectivity index (χ2n) is 5.43. The lowest BCUT2D eigenvalue weighted by atomic mass is 10.1. The summed E-state index contributed by atoms with van der Waals surface area (Å²) in [5.41, 5.74) is 2.47. The number of amides is 2. The maximum absolute atomic E-state index is 12.5. The average molecular weight is 335 g/mol. The molecule has 2 N–H and O–H groups in total. The number of carbonyl (C=O) groups excluding carboxylic acids is 2. The van der Waals surface area contributed by atoms with Gasteiger partial charge in [0.2, 0.25) is 5.91 Å². The summed E-state index contributed by atoms with van der Waals surface area (Å²) >= 11 is 0. The van der Waals surface area contributed by atoms with Gasteiger partial charge in [-0.25, -0.2) is 0 Å². The summed E-state index contributed by atoms with van der Waals surface area (Å²) in [6, 6.07) is 13.9. The van der Waals surface area contributed by atoms with Gasteiger partial charge in [-0.05, 0) is 48.5 Å². The molecule has 0 unspecified atom stereocenters. The van der Waals surface area contributed by atoms with E-state index in [1.165, 1.54) is 6.92 Å². The minimum Gasteiger partial charge on any atom is -0.494 e. The van der Waals surface area contributed by atoms with Crippen LogP contribution in [0.1, 0.15) is 17.3 Å². The first-order valence-corrected chi connectivity index (χ1v) is 7.69. The molecule has 0 bridgehead atoms. The molecule has 0 aliphatic heterocycles. The number of hydrogen-bond acceptors (Lipinski definition) is 4. The van der Waals surface area contributed by atoms with E-state index in [0.29, 0.717) is 28.2 Å². The zero-order chi connectivity index (χ0) is 17.8. The van der Waals surface area contributed by atoms with E-state index in [1.54, 1.807) is 55.8 Å². The standard InChI is InChI=1S/C19H17N3O3/c1-12(23)21-14-7-5-13(6-8-14)19(24)22-16-9-10-17(25-2)18-15(16)4-3-11-20-18/h3-11H,1-2H3,(H,21,23)(H,22,24). The van der Waals surface area contributed by atoms with Gasteiger partial charge in [0, 0.05) is 29.8 Å². The van der Waals surface area contributed by atoms with E-state index < -0.39 is 0 Å². The summed E-state index contributed by atoms with van der Waals surface area (Å²) in [5, 5.41) is 6.35. The largest absolute Gasteiger partial charge is 0.494 e. The molecular weight excluding hydrogens is 318 g/mol. The number of rotatable bonds is 4. The molecule has 0 spiro atoms. The number of carbonyl (C=O) groups is 2. The highest BCUT2D eigenvalue weighted by atomic mass is 16.5. The number of fused-ring (bicyclic) bond motifs is 1. The fourth-order valence-electron chi connectivity index (χ4n) is 2.52. The van der Waals surface area contributed by atoms with Crippen LogP contribution in [0.15, 0.2) is 54.7 Å². The van der Waals surface area contributed by atoms with E-state index in [9.17, 15) is 9.59 Å². The van der Waals surface area contributed by atoms with Gasteiger partial charge in [0.15, 0.2) is 0 Å². The van der Waals surface area contributed by atoms with Crippen LogP contribution in [0.3, 0.4) is 0 Å². The van der Waals surface area contributed by atoms with Crippen molar-refractivity contribution in [2.45, 2.75) is 6.92 Å². The van der Waals surface area contributed by atoms with Crippen molar-refractivity contribution in [1.82, 2.24) is 4.98 Å². The van der Waals surface area contributed by atoms with E-state index in [0.717, 1.165) is 5.39 Å². The minimum absolute atomic E-state index is 0.158. The lowest BCUT2D eigenvalue weighted by molar-refractivity contribution is -0.114. The van der Waals surface area contributed by atoms with E-state index in [-0.39, 0.29) is 11.8 Å². The number of hydrogen-bond donors (Lipinski definition) is 2. The van der Waals surface area contributed by atoms with E-state index >= 15 is 0 Å². The fourth-order valence-corrected chi connectivity index (χ4v) is 2.52. The van der Waals surface area contributed by atoms with Gasteiger partial charge in [0.05, 0.1) is 12.8 Å². The van der Waals surface area contributed by atoms with Crippen molar-refractivity contribution in [3.63, 3.8) is 0 Å². The number of pyridine rings is 1. The molecule has 0 fully saturated rings.